The number of aromatic amines is 1. The number of nitriles is 1. The van der Waals surface area contributed by atoms with E-state index in [0.717, 1.165) is 18.2 Å². The van der Waals surface area contributed by atoms with Crippen LogP contribution < -0.4 is 11.2 Å². The molecule has 2 aromatic carbocycles. The van der Waals surface area contributed by atoms with Crippen LogP contribution >= 0.6 is 0 Å². The van der Waals surface area contributed by atoms with E-state index < -0.39 is 46.3 Å². The van der Waals surface area contributed by atoms with E-state index in [1.165, 1.54) is 11.1 Å². The molecular weight excluding hydrogens is 428 g/mol. The van der Waals surface area contributed by atoms with Gasteiger partial charge in [-0.05, 0) is 42.2 Å². The summed E-state index contributed by atoms with van der Waals surface area (Å²) in [6.45, 7) is 0. The fourth-order valence-electron chi connectivity index (χ4n) is 2.96. The van der Waals surface area contributed by atoms with Crippen LogP contribution in [0.15, 0.2) is 46.0 Å². The number of aryl methyl sites for hydroxylation is 2. The minimum absolute atomic E-state index is 0.0376. The summed E-state index contributed by atoms with van der Waals surface area (Å²) in [6.07, 6.45) is -5.10. The SMILES string of the molecule is N#Cc1cc(F)c(-n2c(=O)cc(C(F)(F)F)[nH]c2=O)cc1CCc1ccc(F)cc1F. The Balaban J connectivity index is 2.07. The number of H-pyrrole nitrogens is 1. The number of hydrogen-bond donors (Lipinski definition) is 1. The lowest BCUT2D eigenvalue weighted by Crippen LogP contribution is -2.36. The largest absolute Gasteiger partial charge is 0.431 e. The van der Waals surface area contributed by atoms with Crippen molar-refractivity contribution in [2.24, 2.45) is 0 Å². The zero-order valence-corrected chi connectivity index (χ0v) is 15.4. The molecule has 160 valence electrons. The van der Waals surface area contributed by atoms with Crippen molar-refractivity contribution in [3.63, 3.8) is 0 Å². The monoisotopic (exact) mass is 439 g/mol. The molecule has 3 aromatic rings. The molecule has 0 aliphatic rings. The lowest BCUT2D eigenvalue weighted by atomic mass is 9.99. The maximum atomic E-state index is 14.5. The van der Waals surface area contributed by atoms with Crippen molar-refractivity contribution < 1.29 is 26.3 Å². The highest BCUT2D eigenvalue weighted by Gasteiger charge is 2.33. The number of halogens is 6. The second-order valence-electron chi connectivity index (χ2n) is 6.47. The normalized spacial score (nSPS) is 11.4. The summed E-state index contributed by atoms with van der Waals surface area (Å²) < 4.78 is 79.8. The van der Waals surface area contributed by atoms with Crippen LogP contribution in [0.25, 0.3) is 5.69 Å². The maximum Gasteiger partial charge on any atom is 0.431 e. The molecule has 1 heterocycles. The van der Waals surface area contributed by atoms with Crippen LogP contribution in [0.3, 0.4) is 0 Å². The molecule has 0 saturated carbocycles. The van der Waals surface area contributed by atoms with Gasteiger partial charge in [0, 0.05) is 12.1 Å². The first-order valence-electron chi connectivity index (χ1n) is 8.61. The molecule has 0 atom stereocenters. The summed E-state index contributed by atoms with van der Waals surface area (Å²) in [7, 11) is 0. The molecule has 1 aromatic heterocycles. The van der Waals surface area contributed by atoms with E-state index >= 15 is 0 Å². The van der Waals surface area contributed by atoms with Crippen molar-refractivity contribution in [3.05, 3.63) is 97.1 Å². The number of nitrogens with zero attached hydrogens (tertiary/aromatic N) is 2. The van der Waals surface area contributed by atoms with Crippen molar-refractivity contribution >= 4 is 0 Å². The van der Waals surface area contributed by atoms with E-state index in [1.807, 2.05) is 0 Å². The third-order valence-electron chi connectivity index (χ3n) is 4.45. The summed E-state index contributed by atoms with van der Waals surface area (Å²) in [5, 5.41) is 9.23. The lowest BCUT2D eigenvalue weighted by Gasteiger charge is -2.12. The van der Waals surface area contributed by atoms with E-state index in [0.29, 0.717) is 6.07 Å². The Hall–Kier alpha value is -3.81. The van der Waals surface area contributed by atoms with E-state index in [-0.39, 0.29) is 40.2 Å². The number of aromatic nitrogens is 2. The minimum atomic E-state index is -5.00. The first-order chi connectivity index (χ1) is 14.5. The van der Waals surface area contributed by atoms with Crippen molar-refractivity contribution in [3.8, 4) is 11.8 Å². The minimum Gasteiger partial charge on any atom is -0.303 e. The third kappa shape index (κ3) is 4.53. The molecule has 3 rings (SSSR count). The zero-order chi connectivity index (χ0) is 22.9. The molecule has 0 saturated heterocycles. The van der Waals surface area contributed by atoms with Crippen molar-refractivity contribution in [2.75, 3.05) is 0 Å². The third-order valence-corrected chi connectivity index (χ3v) is 4.45. The number of benzene rings is 2. The van der Waals surface area contributed by atoms with Crippen molar-refractivity contribution in [2.45, 2.75) is 19.0 Å². The van der Waals surface area contributed by atoms with Gasteiger partial charge in [-0.3, -0.25) is 4.79 Å². The van der Waals surface area contributed by atoms with Gasteiger partial charge < -0.3 is 4.98 Å². The number of rotatable bonds is 4. The van der Waals surface area contributed by atoms with Gasteiger partial charge in [-0.15, -0.1) is 0 Å². The van der Waals surface area contributed by atoms with Crippen LogP contribution in [0.5, 0.6) is 0 Å². The Morgan fingerprint density at radius 3 is 2.19 bits per heavy atom. The van der Waals surface area contributed by atoms with Gasteiger partial charge in [-0.2, -0.15) is 18.4 Å². The standard InChI is InChI=1S/C20H11F6N3O2/c21-13-4-3-10(14(22)7-13)1-2-11-6-16(15(23)5-12(11)9-27)29-18(30)8-17(20(24,25)26)28-19(29)31/h3-8H,1-2H2,(H,28,31). The van der Waals surface area contributed by atoms with Gasteiger partial charge in [-0.25, -0.2) is 22.5 Å². The van der Waals surface area contributed by atoms with E-state index in [1.54, 1.807) is 6.07 Å². The summed E-state index contributed by atoms with van der Waals surface area (Å²) in [5.41, 5.74) is -5.21. The molecule has 0 spiro atoms. The highest BCUT2D eigenvalue weighted by atomic mass is 19.4. The molecule has 11 heteroatoms. The Kier molecular flexibility index (Phi) is 5.75. The van der Waals surface area contributed by atoms with Gasteiger partial charge in [0.1, 0.15) is 23.1 Å². The number of hydrogen-bond acceptors (Lipinski definition) is 3. The van der Waals surface area contributed by atoms with Crippen LogP contribution in [-0.2, 0) is 19.0 Å². The van der Waals surface area contributed by atoms with Gasteiger partial charge in [-0.1, -0.05) is 6.07 Å². The molecule has 0 amide bonds. The molecule has 0 unspecified atom stereocenters. The second-order valence-corrected chi connectivity index (χ2v) is 6.47. The molecule has 0 radical (unpaired) electrons. The molecule has 0 aliphatic heterocycles. The molecule has 0 aliphatic carbocycles. The molecule has 5 nitrogen and oxygen atoms in total. The Bertz CT molecular complexity index is 1290. The Labute approximate surface area is 169 Å². The first kappa shape index (κ1) is 21.9. The highest BCUT2D eigenvalue weighted by molar-refractivity contribution is 5.47. The second kappa shape index (κ2) is 8.14. The highest BCUT2D eigenvalue weighted by Crippen LogP contribution is 2.26. The van der Waals surface area contributed by atoms with Gasteiger partial charge in [0.05, 0.1) is 17.3 Å². The lowest BCUT2D eigenvalue weighted by molar-refractivity contribution is -0.141. The van der Waals surface area contributed by atoms with Crippen molar-refractivity contribution in [1.29, 1.82) is 5.26 Å². The zero-order valence-electron chi connectivity index (χ0n) is 15.4. The number of alkyl halides is 3. The van der Waals surface area contributed by atoms with Gasteiger partial charge in [0.15, 0.2) is 0 Å². The van der Waals surface area contributed by atoms with Gasteiger partial charge in [0.25, 0.3) is 5.56 Å². The number of nitrogens with one attached hydrogen (secondary N) is 1. The van der Waals surface area contributed by atoms with E-state index in [9.17, 15) is 41.2 Å². The van der Waals surface area contributed by atoms with Crippen LogP contribution in [0, 0.1) is 28.8 Å². The fraction of sp³-hybridized carbons (Fsp3) is 0.150. The van der Waals surface area contributed by atoms with Crippen LogP contribution in [0.2, 0.25) is 0 Å². The van der Waals surface area contributed by atoms with E-state index in [2.05, 4.69) is 0 Å². The average molecular weight is 439 g/mol. The summed E-state index contributed by atoms with van der Waals surface area (Å²) in [5.74, 6) is -2.82. The van der Waals surface area contributed by atoms with Crippen LogP contribution in [0.4, 0.5) is 26.3 Å². The quantitative estimate of drug-likeness (QED) is 0.631. The van der Waals surface area contributed by atoms with Crippen LogP contribution in [-0.4, -0.2) is 9.55 Å². The topological polar surface area (TPSA) is 78.7 Å². The summed E-state index contributed by atoms with van der Waals surface area (Å²) in [6, 6.07) is 6.38. The predicted molar refractivity (Wildman–Crippen MR) is 96.1 cm³/mol. The molecule has 0 fully saturated rings. The molecular formula is C20H11F6N3O2. The molecule has 0 bridgehead atoms. The fourth-order valence-corrected chi connectivity index (χ4v) is 2.96. The Morgan fingerprint density at radius 1 is 0.935 bits per heavy atom. The molecule has 1 N–H and O–H groups in total. The summed E-state index contributed by atoms with van der Waals surface area (Å²) in [4.78, 5) is 25.6. The van der Waals surface area contributed by atoms with Crippen molar-refractivity contribution in [1.82, 2.24) is 9.55 Å². The summed E-state index contributed by atoms with van der Waals surface area (Å²) >= 11 is 0. The van der Waals surface area contributed by atoms with Gasteiger partial charge in [0.2, 0.25) is 0 Å². The maximum absolute atomic E-state index is 14.5. The average Bonchev–Trinajstić information content (AvgIpc) is 2.67. The van der Waals surface area contributed by atoms with Gasteiger partial charge >= 0.3 is 11.9 Å². The Morgan fingerprint density at radius 2 is 1.61 bits per heavy atom. The molecule has 31 heavy (non-hydrogen) atoms. The predicted octanol–water partition coefficient (Wildman–Crippen LogP) is 3.62. The van der Waals surface area contributed by atoms with Crippen LogP contribution in [0.1, 0.15) is 22.4 Å². The first-order valence-corrected chi connectivity index (χ1v) is 8.61. The van der Waals surface area contributed by atoms with E-state index in [4.69, 9.17) is 0 Å². The smallest absolute Gasteiger partial charge is 0.303 e.